The Hall–Kier alpha value is -3.33. The zero-order valence-electron chi connectivity index (χ0n) is 15.1. The fraction of sp³-hybridized carbons (Fsp3) is 0.158. The Kier molecular flexibility index (Phi) is 5.95. The van der Waals surface area contributed by atoms with Crippen LogP contribution >= 0.6 is 11.8 Å². The molecule has 1 N–H and O–H groups in total. The van der Waals surface area contributed by atoms with Crippen LogP contribution in [0.5, 0.6) is 5.75 Å². The maximum Gasteiger partial charge on any atom is 0.296 e. The predicted octanol–water partition coefficient (Wildman–Crippen LogP) is 3.87. The third kappa shape index (κ3) is 4.15. The molecule has 144 valence electrons. The lowest BCUT2D eigenvalue weighted by Gasteiger charge is -2.08. The number of nitrogens with zero attached hydrogens (tertiary/aromatic N) is 3. The van der Waals surface area contributed by atoms with E-state index in [1.165, 1.54) is 31.0 Å². The van der Waals surface area contributed by atoms with Crippen LogP contribution in [0.15, 0.2) is 60.3 Å². The van der Waals surface area contributed by atoms with Crippen molar-refractivity contribution >= 4 is 40.1 Å². The first-order valence-corrected chi connectivity index (χ1v) is 9.33. The second-order valence-electron chi connectivity index (χ2n) is 5.76. The number of methoxy groups -OCH3 is 1. The smallest absolute Gasteiger partial charge is 0.296 e. The number of nitro groups is 1. The van der Waals surface area contributed by atoms with Gasteiger partial charge in [-0.3, -0.25) is 14.9 Å². The van der Waals surface area contributed by atoms with Gasteiger partial charge >= 0.3 is 0 Å². The molecule has 0 radical (unpaired) electrons. The molecule has 0 saturated heterocycles. The monoisotopic (exact) mass is 398 g/mol. The maximum atomic E-state index is 12.4. The van der Waals surface area contributed by atoms with Crippen molar-refractivity contribution in [1.82, 2.24) is 9.55 Å². The summed E-state index contributed by atoms with van der Waals surface area (Å²) in [6.07, 6.45) is 1.76. The van der Waals surface area contributed by atoms with E-state index in [2.05, 4.69) is 16.9 Å². The highest BCUT2D eigenvalue weighted by Crippen LogP contribution is 2.29. The second-order valence-corrected chi connectivity index (χ2v) is 6.70. The van der Waals surface area contributed by atoms with E-state index < -0.39 is 4.92 Å². The Bertz CT molecular complexity index is 1050. The molecule has 1 amide bonds. The summed E-state index contributed by atoms with van der Waals surface area (Å²) < 4.78 is 6.96. The van der Waals surface area contributed by atoms with Crippen molar-refractivity contribution in [3.8, 4) is 5.75 Å². The number of thioether (sulfide) groups is 1. The van der Waals surface area contributed by atoms with Crippen molar-refractivity contribution < 1.29 is 14.5 Å². The molecule has 0 fully saturated rings. The third-order valence-electron chi connectivity index (χ3n) is 3.94. The van der Waals surface area contributed by atoms with Gasteiger partial charge in [-0.1, -0.05) is 30.0 Å². The van der Waals surface area contributed by atoms with E-state index in [1.807, 2.05) is 28.8 Å². The minimum Gasteiger partial charge on any atom is -0.496 e. The number of ether oxygens (including phenoxy) is 1. The van der Waals surface area contributed by atoms with E-state index in [9.17, 15) is 14.9 Å². The molecule has 1 heterocycles. The number of nitro benzene ring substituents is 1. The van der Waals surface area contributed by atoms with Gasteiger partial charge < -0.3 is 14.6 Å². The number of aromatic nitrogens is 2. The number of anilines is 1. The van der Waals surface area contributed by atoms with E-state index in [1.54, 1.807) is 12.1 Å². The van der Waals surface area contributed by atoms with Crippen molar-refractivity contribution in [2.45, 2.75) is 11.7 Å². The number of hydrogen-bond acceptors (Lipinski definition) is 6. The number of rotatable bonds is 8. The number of amides is 1. The molecule has 0 atom stereocenters. The minimum atomic E-state index is -0.561. The van der Waals surface area contributed by atoms with Gasteiger partial charge in [-0.15, -0.1) is 6.58 Å². The van der Waals surface area contributed by atoms with Crippen LogP contribution in [-0.4, -0.2) is 33.2 Å². The summed E-state index contributed by atoms with van der Waals surface area (Å²) in [6, 6.07) is 12.0. The molecular weight excluding hydrogens is 380 g/mol. The first-order chi connectivity index (χ1) is 13.5. The van der Waals surface area contributed by atoms with E-state index in [-0.39, 0.29) is 23.0 Å². The molecule has 28 heavy (non-hydrogen) atoms. The number of carbonyl (C=O) groups is 1. The summed E-state index contributed by atoms with van der Waals surface area (Å²) in [5, 5.41) is 14.5. The molecular formula is C19H18N4O4S. The lowest BCUT2D eigenvalue weighted by molar-refractivity contribution is -0.384. The van der Waals surface area contributed by atoms with E-state index >= 15 is 0 Å². The molecule has 0 unspecified atom stereocenters. The largest absolute Gasteiger partial charge is 0.496 e. The molecule has 1 aromatic heterocycles. The van der Waals surface area contributed by atoms with Crippen molar-refractivity contribution in [1.29, 1.82) is 0 Å². The van der Waals surface area contributed by atoms with Gasteiger partial charge in [-0.2, -0.15) is 0 Å². The quantitative estimate of drug-likeness (QED) is 0.268. The van der Waals surface area contributed by atoms with Crippen LogP contribution in [0.3, 0.4) is 0 Å². The zero-order valence-corrected chi connectivity index (χ0v) is 15.9. The van der Waals surface area contributed by atoms with Crippen molar-refractivity contribution in [2.24, 2.45) is 0 Å². The lowest BCUT2D eigenvalue weighted by Crippen LogP contribution is -2.15. The Balaban J connectivity index is 1.75. The first-order valence-electron chi connectivity index (χ1n) is 8.34. The number of nitrogens with one attached hydrogen (secondary N) is 1. The van der Waals surface area contributed by atoms with Crippen LogP contribution in [0.4, 0.5) is 11.4 Å². The van der Waals surface area contributed by atoms with Crippen LogP contribution in [0.1, 0.15) is 0 Å². The maximum absolute atomic E-state index is 12.4. The molecule has 0 aliphatic carbocycles. The summed E-state index contributed by atoms with van der Waals surface area (Å²) in [5.41, 5.74) is 1.68. The topological polar surface area (TPSA) is 99.3 Å². The molecule has 2 aromatic carbocycles. The zero-order chi connectivity index (χ0) is 20.1. The molecule has 3 aromatic rings. The standard InChI is InChI=1S/C19H18N4O4S/c1-3-10-22-16-7-5-4-6-14(16)21-19(22)28-12-18(24)20-15-9-8-13(27-2)11-17(15)23(25)26/h3-9,11H,1,10,12H2,2H3,(H,20,24). The van der Waals surface area contributed by atoms with Crippen LogP contribution in [0.25, 0.3) is 11.0 Å². The molecule has 0 aliphatic rings. The molecule has 9 heteroatoms. The highest BCUT2D eigenvalue weighted by Gasteiger charge is 2.18. The highest BCUT2D eigenvalue weighted by molar-refractivity contribution is 7.99. The SMILES string of the molecule is C=CCn1c(SCC(=O)Nc2ccc(OC)cc2[N+](=O)[O-])nc2ccccc21. The second kappa shape index (κ2) is 8.57. The summed E-state index contributed by atoms with van der Waals surface area (Å²) in [4.78, 5) is 27.6. The van der Waals surface area contributed by atoms with Crippen LogP contribution in [0.2, 0.25) is 0 Å². The van der Waals surface area contributed by atoms with Crippen LogP contribution < -0.4 is 10.1 Å². The number of allylic oxidation sites excluding steroid dienone is 1. The summed E-state index contributed by atoms with van der Waals surface area (Å²) in [6.45, 7) is 4.33. The Labute approximate surface area is 165 Å². The molecule has 3 rings (SSSR count). The molecule has 0 bridgehead atoms. The number of carbonyl (C=O) groups excluding carboxylic acids is 1. The normalized spacial score (nSPS) is 10.6. The van der Waals surface area contributed by atoms with Crippen LogP contribution in [0, 0.1) is 10.1 Å². The predicted molar refractivity (Wildman–Crippen MR) is 109 cm³/mol. The van der Waals surface area contributed by atoms with Gasteiger partial charge in [0.2, 0.25) is 5.91 Å². The van der Waals surface area contributed by atoms with Gasteiger partial charge in [0.1, 0.15) is 11.4 Å². The molecule has 0 aliphatic heterocycles. The highest BCUT2D eigenvalue weighted by atomic mass is 32.2. The summed E-state index contributed by atoms with van der Waals surface area (Å²) >= 11 is 1.26. The summed E-state index contributed by atoms with van der Waals surface area (Å²) in [5.74, 6) is 0.0385. The van der Waals surface area contributed by atoms with Gasteiger partial charge in [0, 0.05) is 6.54 Å². The average molecular weight is 398 g/mol. The number of benzene rings is 2. The van der Waals surface area contributed by atoms with E-state index in [0.29, 0.717) is 17.5 Å². The fourth-order valence-electron chi connectivity index (χ4n) is 2.68. The number of imidazole rings is 1. The van der Waals surface area contributed by atoms with Gasteiger partial charge in [0.15, 0.2) is 5.16 Å². The van der Waals surface area contributed by atoms with Crippen molar-refractivity contribution in [3.63, 3.8) is 0 Å². The van der Waals surface area contributed by atoms with Gasteiger partial charge in [0.05, 0.1) is 34.9 Å². The number of hydrogen-bond donors (Lipinski definition) is 1. The van der Waals surface area contributed by atoms with Crippen molar-refractivity contribution in [3.05, 3.63) is 65.2 Å². The van der Waals surface area contributed by atoms with Crippen molar-refractivity contribution in [2.75, 3.05) is 18.2 Å². The lowest BCUT2D eigenvalue weighted by atomic mass is 10.2. The van der Waals surface area contributed by atoms with E-state index in [4.69, 9.17) is 4.74 Å². The van der Waals surface area contributed by atoms with Crippen LogP contribution in [-0.2, 0) is 11.3 Å². The Morgan fingerprint density at radius 2 is 2.18 bits per heavy atom. The minimum absolute atomic E-state index is 0.0592. The van der Waals surface area contributed by atoms with Gasteiger partial charge in [-0.25, -0.2) is 4.98 Å². The number of para-hydroxylation sites is 2. The Morgan fingerprint density at radius 1 is 1.39 bits per heavy atom. The molecule has 0 saturated carbocycles. The van der Waals surface area contributed by atoms with Gasteiger partial charge in [-0.05, 0) is 24.3 Å². The average Bonchev–Trinajstić information content (AvgIpc) is 3.04. The van der Waals surface area contributed by atoms with Gasteiger partial charge in [0.25, 0.3) is 5.69 Å². The summed E-state index contributed by atoms with van der Waals surface area (Å²) in [7, 11) is 1.42. The fourth-order valence-corrected chi connectivity index (χ4v) is 3.50. The Morgan fingerprint density at radius 3 is 2.89 bits per heavy atom. The molecule has 0 spiro atoms. The van der Waals surface area contributed by atoms with E-state index in [0.717, 1.165) is 11.0 Å². The number of fused-ring (bicyclic) bond motifs is 1. The molecule has 8 nitrogen and oxygen atoms in total. The third-order valence-corrected chi connectivity index (χ3v) is 4.92. The first kappa shape index (κ1) is 19.4.